The fraction of sp³-hybridized carbons (Fsp3) is 0.400. The summed E-state index contributed by atoms with van der Waals surface area (Å²) in [5, 5.41) is 5.01. The second-order valence-electron chi connectivity index (χ2n) is 4.23. The predicted molar refractivity (Wildman–Crippen MR) is 75.4 cm³/mol. The van der Waals surface area contributed by atoms with Crippen molar-refractivity contribution in [3.8, 4) is 0 Å². The number of carbonyl (C=O) groups is 1. The van der Waals surface area contributed by atoms with Crippen LogP contribution in [0.15, 0.2) is 18.5 Å². The summed E-state index contributed by atoms with van der Waals surface area (Å²) < 4.78 is 22.9. The van der Waals surface area contributed by atoms with E-state index in [0.29, 0.717) is 6.54 Å². The predicted octanol–water partition coefficient (Wildman–Crippen LogP) is 0.328. The third kappa shape index (κ3) is 3.18. The minimum atomic E-state index is -3.54. The number of aromatic nitrogens is 1. The molecule has 1 aromatic heterocycles. The summed E-state index contributed by atoms with van der Waals surface area (Å²) in [6, 6.07) is 1.75. The van der Waals surface area contributed by atoms with E-state index in [1.807, 2.05) is 0 Å². The van der Waals surface area contributed by atoms with E-state index in [4.69, 9.17) is 5.14 Å². The highest BCUT2D eigenvalue weighted by Gasteiger charge is 2.33. The maximum atomic E-state index is 11.9. The Hall–Kier alpha value is -0.740. The van der Waals surface area contributed by atoms with Crippen LogP contribution in [0.3, 0.4) is 0 Å². The molecule has 98 valence electrons. The minimum absolute atomic E-state index is 0.0761. The average molecular weight is 381 g/mol. The number of nitrogens with zero attached hydrogens (tertiary/aromatic N) is 2. The first kappa shape index (κ1) is 13.7. The molecule has 2 rings (SSSR count). The van der Waals surface area contributed by atoms with Crippen LogP contribution in [0, 0.1) is 9.49 Å². The number of hydrogen-bond acceptors (Lipinski definition) is 4. The molecule has 1 saturated heterocycles. The highest BCUT2D eigenvalue weighted by atomic mass is 127. The Kier molecular flexibility index (Phi) is 3.87. The van der Waals surface area contributed by atoms with Crippen LogP contribution in [0.1, 0.15) is 6.42 Å². The number of amides is 1. The SMILES string of the molecule is NS(=O)(=O)CC1CC(=O)N(c2ccncc2I)C1. The highest BCUT2D eigenvalue weighted by molar-refractivity contribution is 14.1. The monoisotopic (exact) mass is 381 g/mol. The molecule has 1 fully saturated rings. The van der Waals surface area contributed by atoms with Gasteiger partial charge in [-0.3, -0.25) is 9.78 Å². The summed E-state index contributed by atoms with van der Waals surface area (Å²) in [6.07, 6.45) is 3.49. The Morgan fingerprint density at radius 1 is 1.56 bits per heavy atom. The summed E-state index contributed by atoms with van der Waals surface area (Å²) in [5.74, 6) is -0.471. The van der Waals surface area contributed by atoms with Gasteiger partial charge in [-0.2, -0.15) is 0 Å². The quantitative estimate of drug-likeness (QED) is 0.764. The molecule has 0 aliphatic carbocycles. The lowest BCUT2D eigenvalue weighted by atomic mass is 10.1. The first-order valence-corrected chi connectivity index (χ1v) is 8.06. The van der Waals surface area contributed by atoms with Crippen molar-refractivity contribution < 1.29 is 13.2 Å². The molecule has 0 spiro atoms. The molecule has 1 amide bonds. The molecular weight excluding hydrogens is 369 g/mol. The van der Waals surface area contributed by atoms with Crippen molar-refractivity contribution in [2.24, 2.45) is 11.1 Å². The molecular formula is C10H12IN3O3S. The Morgan fingerprint density at radius 2 is 2.28 bits per heavy atom. The van der Waals surface area contributed by atoms with Crippen molar-refractivity contribution in [2.75, 3.05) is 17.2 Å². The maximum absolute atomic E-state index is 11.9. The third-order valence-electron chi connectivity index (χ3n) is 2.71. The minimum Gasteiger partial charge on any atom is -0.311 e. The number of pyridine rings is 1. The molecule has 1 aromatic rings. The molecule has 1 aliphatic heterocycles. The van der Waals surface area contributed by atoms with Crippen molar-refractivity contribution in [2.45, 2.75) is 6.42 Å². The zero-order valence-electron chi connectivity index (χ0n) is 9.41. The van der Waals surface area contributed by atoms with Crippen LogP contribution < -0.4 is 10.0 Å². The number of anilines is 1. The fourth-order valence-electron chi connectivity index (χ4n) is 2.04. The highest BCUT2D eigenvalue weighted by Crippen LogP contribution is 2.28. The van der Waals surface area contributed by atoms with E-state index in [1.54, 1.807) is 23.4 Å². The van der Waals surface area contributed by atoms with Gasteiger partial charge in [-0.15, -0.1) is 0 Å². The van der Waals surface area contributed by atoms with Crippen LogP contribution in [0.25, 0.3) is 0 Å². The zero-order valence-corrected chi connectivity index (χ0v) is 12.4. The lowest BCUT2D eigenvalue weighted by Gasteiger charge is -2.17. The average Bonchev–Trinajstić information content (AvgIpc) is 2.57. The van der Waals surface area contributed by atoms with Gasteiger partial charge in [-0.1, -0.05) is 0 Å². The Bertz CT molecular complexity index is 575. The van der Waals surface area contributed by atoms with Gasteiger partial charge in [-0.05, 0) is 28.7 Å². The zero-order chi connectivity index (χ0) is 13.3. The van der Waals surface area contributed by atoms with E-state index in [1.165, 1.54) is 0 Å². The standard InChI is InChI=1S/C10H12IN3O3S/c11-8-4-13-2-1-9(8)14-5-7(3-10(14)15)6-18(12,16)17/h1-2,4,7H,3,5-6H2,(H2,12,16,17). The Labute approximate surface area is 119 Å². The molecule has 1 atom stereocenters. The molecule has 0 saturated carbocycles. The molecule has 0 aromatic carbocycles. The van der Waals surface area contributed by atoms with Gasteiger partial charge in [0, 0.05) is 31.3 Å². The van der Waals surface area contributed by atoms with Gasteiger partial charge in [0.15, 0.2) is 0 Å². The second kappa shape index (κ2) is 5.10. The van der Waals surface area contributed by atoms with Crippen LogP contribution >= 0.6 is 22.6 Å². The molecule has 0 radical (unpaired) electrons. The molecule has 1 aliphatic rings. The summed E-state index contributed by atoms with van der Waals surface area (Å²) in [7, 11) is -3.54. The van der Waals surface area contributed by atoms with Gasteiger partial charge in [0.2, 0.25) is 15.9 Å². The van der Waals surface area contributed by atoms with Crippen LogP contribution in [-0.4, -0.2) is 31.6 Å². The number of sulfonamides is 1. The van der Waals surface area contributed by atoms with E-state index >= 15 is 0 Å². The van der Waals surface area contributed by atoms with E-state index in [2.05, 4.69) is 27.6 Å². The summed E-state index contributed by atoms with van der Waals surface area (Å²) in [5.41, 5.74) is 0.771. The summed E-state index contributed by atoms with van der Waals surface area (Å²) in [4.78, 5) is 17.4. The molecule has 8 heteroatoms. The van der Waals surface area contributed by atoms with E-state index < -0.39 is 10.0 Å². The molecule has 2 N–H and O–H groups in total. The molecule has 6 nitrogen and oxygen atoms in total. The largest absolute Gasteiger partial charge is 0.311 e. The number of halogens is 1. The topological polar surface area (TPSA) is 93.4 Å². The number of rotatable bonds is 3. The summed E-state index contributed by atoms with van der Waals surface area (Å²) in [6.45, 7) is 0.384. The van der Waals surface area contributed by atoms with Crippen LogP contribution in [0.5, 0.6) is 0 Å². The lowest BCUT2D eigenvalue weighted by molar-refractivity contribution is -0.117. The lowest BCUT2D eigenvalue weighted by Crippen LogP contribution is -2.28. The Balaban J connectivity index is 2.18. The van der Waals surface area contributed by atoms with E-state index in [-0.39, 0.29) is 24.0 Å². The van der Waals surface area contributed by atoms with Gasteiger partial charge in [0.25, 0.3) is 0 Å². The van der Waals surface area contributed by atoms with Crippen molar-refractivity contribution in [1.29, 1.82) is 0 Å². The summed E-state index contributed by atoms with van der Waals surface area (Å²) >= 11 is 2.10. The molecule has 0 bridgehead atoms. The molecule has 2 heterocycles. The van der Waals surface area contributed by atoms with Crippen molar-refractivity contribution in [3.63, 3.8) is 0 Å². The smallest absolute Gasteiger partial charge is 0.227 e. The third-order valence-corrected chi connectivity index (χ3v) is 4.48. The van der Waals surface area contributed by atoms with Crippen molar-refractivity contribution in [3.05, 3.63) is 22.0 Å². The second-order valence-corrected chi connectivity index (χ2v) is 7.05. The van der Waals surface area contributed by atoms with E-state index in [0.717, 1.165) is 9.26 Å². The Morgan fingerprint density at radius 3 is 2.89 bits per heavy atom. The van der Waals surface area contributed by atoms with Gasteiger partial charge < -0.3 is 4.90 Å². The fourth-order valence-corrected chi connectivity index (χ4v) is 3.55. The van der Waals surface area contributed by atoms with Crippen LogP contribution in [-0.2, 0) is 14.8 Å². The molecule has 18 heavy (non-hydrogen) atoms. The van der Waals surface area contributed by atoms with Gasteiger partial charge in [-0.25, -0.2) is 13.6 Å². The normalized spacial score (nSPS) is 20.4. The first-order valence-electron chi connectivity index (χ1n) is 5.27. The van der Waals surface area contributed by atoms with Crippen LogP contribution in [0.2, 0.25) is 0 Å². The number of primary sulfonamides is 1. The maximum Gasteiger partial charge on any atom is 0.227 e. The van der Waals surface area contributed by atoms with E-state index in [9.17, 15) is 13.2 Å². The van der Waals surface area contributed by atoms with Crippen molar-refractivity contribution in [1.82, 2.24) is 4.98 Å². The van der Waals surface area contributed by atoms with Crippen LogP contribution in [0.4, 0.5) is 5.69 Å². The van der Waals surface area contributed by atoms with Crippen molar-refractivity contribution >= 4 is 44.2 Å². The number of carbonyl (C=O) groups excluding carboxylic acids is 1. The first-order chi connectivity index (χ1) is 8.37. The molecule has 1 unspecified atom stereocenters. The van der Waals surface area contributed by atoms with Gasteiger partial charge in [0.1, 0.15) is 0 Å². The number of nitrogens with two attached hydrogens (primary N) is 1. The van der Waals surface area contributed by atoms with Gasteiger partial charge >= 0.3 is 0 Å². The number of hydrogen-bond donors (Lipinski definition) is 1. The van der Waals surface area contributed by atoms with Gasteiger partial charge in [0.05, 0.1) is 15.0 Å².